The zero-order valence-corrected chi connectivity index (χ0v) is 14.9. The van der Waals surface area contributed by atoms with Crippen LogP contribution in [0.3, 0.4) is 0 Å². The molecule has 1 saturated heterocycles. The minimum Gasteiger partial charge on any atom is -0.373 e. The van der Waals surface area contributed by atoms with Gasteiger partial charge in [-0.3, -0.25) is 10.1 Å². The van der Waals surface area contributed by atoms with Crippen molar-refractivity contribution in [2.75, 3.05) is 19.6 Å². The highest BCUT2D eigenvalue weighted by Crippen LogP contribution is 2.32. The zero-order valence-electron chi connectivity index (χ0n) is 14.2. The van der Waals surface area contributed by atoms with Crippen LogP contribution in [-0.4, -0.2) is 40.5 Å². The lowest BCUT2D eigenvalue weighted by molar-refractivity contribution is -0.134. The van der Waals surface area contributed by atoms with Crippen LogP contribution in [0.4, 0.5) is 0 Å². The number of nitrogens with zero attached hydrogens (tertiary/aromatic N) is 1. The lowest BCUT2D eigenvalue weighted by atomic mass is 9.97. The molecule has 0 spiro atoms. The number of H-pyrrole nitrogens is 1. The number of hydrogen-bond acceptors (Lipinski definition) is 3. The molecule has 1 saturated carbocycles. The molecule has 1 aromatic carbocycles. The molecule has 4 rings (SSSR count). The van der Waals surface area contributed by atoms with Gasteiger partial charge in [0.1, 0.15) is 6.23 Å². The van der Waals surface area contributed by atoms with Gasteiger partial charge in [0.05, 0.1) is 5.69 Å². The van der Waals surface area contributed by atoms with Crippen molar-refractivity contribution in [3.8, 4) is 0 Å². The molecule has 2 aliphatic rings. The highest BCUT2D eigenvalue weighted by Gasteiger charge is 2.35. The number of fused-ring (bicyclic) bond motifs is 1. The maximum Gasteiger partial charge on any atom is 0.225 e. The summed E-state index contributed by atoms with van der Waals surface area (Å²) in [6.07, 6.45) is 3.51. The standard InChI is InChI=1S/C19H24ClN3O2/c20-15-5-6-16-14(8-15)9-17(22-16)18(24)21-10-12-2-1-7-23(11-12)19(25)13-3-4-13/h5-6,8-9,12-13,18,21-22,24H,1-4,7,10-11H2. The van der Waals surface area contributed by atoms with E-state index >= 15 is 0 Å². The second-order valence-electron chi connectivity index (χ2n) is 7.33. The number of amides is 1. The normalized spacial score (nSPS) is 22.3. The van der Waals surface area contributed by atoms with Crippen molar-refractivity contribution in [3.63, 3.8) is 0 Å². The molecule has 2 aromatic rings. The van der Waals surface area contributed by atoms with E-state index in [4.69, 9.17) is 11.6 Å². The third kappa shape index (κ3) is 3.84. The Morgan fingerprint density at radius 2 is 2.20 bits per heavy atom. The number of piperidine rings is 1. The van der Waals surface area contributed by atoms with Crippen LogP contribution < -0.4 is 5.32 Å². The molecule has 134 valence electrons. The van der Waals surface area contributed by atoms with Gasteiger partial charge in [-0.2, -0.15) is 0 Å². The number of carbonyl (C=O) groups is 1. The monoisotopic (exact) mass is 361 g/mol. The van der Waals surface area contributed by atoms with Gasteiger partial charge in [0.15, 0.2) is 0 Å². The van der Waals surface area contributed by atoms with E-state index in [0.717, 1.165) is 55.4 Å². The molecular weight excluding hydrogens is 338 g/mol. The van der Waals surface area contributed by atoms with Crippen LogP contribution >= 0.6 is 11.6 Å². The minimum atomic E-state index is -0.749. The topological polar surface area (TPSA) is 68.4 Å². The summed E-state index contributed by atoms with van der Waals surface area (Å²) in [5, 5.41) is 15.3. The van der Waals surface area contributed by atoms with Crippen molar-refractivity contribution in [3.05, 3.63) is 35.0 Å². The Kier molecular flexibility index (Phi) is 4.71. The second kappa shape index (κ2) is 6.98. The second-order valence-corrected chi connectivity index (χ2v) is 7.77. The van der Waals surface area contributed by atoms with E-state index in [-0.39, 0.29) is 5.92 Å². The van der Waals surface area contributed by atoms with Crippen LogP contribution in [0.1, 0.15) is 37.6 Å². The Balaban J connectivity index is 1.34. The number of aromatic nitrogens is 1. The van der Waals surface area contributed by atoms with Gasteiger partial charge in [0.25, 0.3) is 0 Å². The predicted octanol–water partition coefficient (Wildman–Crippen LogP) is 3.05. The average Bonchev–Trinajstić information content (AvgIpc) is 3.38. The minimum absolute atomic E-state index is 0.287. The molecule has 2 unspecified atom stereocenters. The third-order valence-corrected chi connectivity index (χ3v) is 5.49. The fourth-order valence-electron chi connectivity index (χ4n) is 3.68. The molecule has 2 fully saturated rings. The maximum atomic E-state index is 12.2. The Hall–Kier alpha value is -1.56. The number of aromatic amines is 1. The van der Waals surface area contributed by atoms with Crippen molar-refractivity contribution in [1.82, 2.24) is 15.2 Å². The van der Waals surface area contributed by atoms with E-state index in [2.05, 4.69) is 10.3 Å². The Morgan fingerprint density at radius 1 is 1.36 bits per heavy atom. The van der Waals surface area contributed by atoms with Crippen molar-refractivity contribution >= 4 is 28.4 Å². The lowest BCUT2D eigenvalue weighted by Gasteiger charge is -2.33. The number of hydrogen-bond donors (Lipinski definition) is 3. The first-order chi connectivity index (χ1) is 12.1. The Bertz CT molecular complexity index is 771. The number of benzene rings is 1. The molecule has 5 nitrogen and oxygen atoms in total. The fourth-order valence-corrected chi connectivity index (χ4v) is 3.86. The van der Waals surface area contributed by atoms with Crippen molar-refractivity contribution in [2.45, 2.75) is 31.9 Å². The summed E-state index contributed by atoms with van der Waals surface area (Å²) in [6, 6.07) is 7.54. The summed E-state index contributed by atoms with van der Waals surface area (Å²) in [6.45, 7) is 2.39. The maximum absolute atomic E-state index is 12.2. The number of likely N-dealkylation sites (tertiary alicyclic amines) is 1. The number of rotatable bonds is 5. The quantitative estimate of drug-likeness (QED) is 0.717. The zero-order chi connectivity index (χ0) is 17.4. The SMILES string of the molecule is O=C(C1CC1)N1CCCC(CNC(O)c2cc3cc(Cl)ccc3[nH]2)C1. The van der Waals surface area contributed by atoms with Gasteiger partial charge in [0, 0.05) is 41.5 Å². The molecule has 1 aliphatic carbocycles. The summed E-state index contributed by atoms with van der Waals surface area (Å²) >= 11 is 6.01. The Labute approximate surface area is 152 Å². The largest absolute Gasteiger partial charge is 0.373 e. The van der Waals surface area contributed by atoms with Gasteiger partial charge in [-0.25, -0.2) is 0 Å². The molecular formula is C19H24ClN3O2. The molecule has 1 amide bonds. The summed E-state index contributed by atoms with van der Waals surface area (Å²) in [4.78, 5) is 17.5. The molecule has 1 aliphatic heterocycles. The van der Waals surface area contributed by atoms with E-state index in [0.29, 0.717) is 23.4 Å². The van der Waals surface area contributed by atoms with Crippen LogP contribution in [0.2, 0.25) is 5.02 Å². The number of carbonyl (C=O) groups excluding carboxylic acids is 1. The number of aliphatic hydroxyl groups is 1. The van der Waals surface area contributed by atoms with Gasteiger partial charge < -0.3 is 15.0 Å². The highest BCUT2D eigenvalue weighted by atomic mass is 35.5. The van der Waals surface area contributed by atoms with Crippen molar-refractivity contribution in [1.29, 1.82) is 0 Å². The number of halogens is 1. The van der Waals surface area contributed by atoms with E-state index in [1.165, 1.54) is 0 Å². The smallest absolute Gasteiger partial charge is 0.225 e. The molecule has 2 heterocycles. The highest BCUT2D eigenvalue weighted by molar-refractivity contribution is 6.31. The molecule has 2 atom stereocenters. The van der Waals surface area contributed by atoms with Gasteiger partial charge in [-0.05, 0) is 55.9 Å². The van der Waals surface area contributed by atoms with Gasteiger partial charge in [0.2, 0.25) is 5.91 Å². The third-order valence-electron chi connectivity index (χ3n) is 5.26. The summed E-state index contributed by atoms with van der Waals surface area (Å²) in [5.41, 5.74) is 1.69. The predicted molar refractivity (Wildman–Crippen MR) is 98.3 cm³/mol. The molecule has 6 heteroatoms. The van der Waals surface area contributed by atoms with Gasteiger partial charge in [-0.15, -0.1) is 0 Å². The van der Waals surface area contributed by atoms with Crippen molar-refractivity contribution < 1.29 is 9.90 Å². The first kappa shape index (κ1) is 16.9. The number of nitrogens with one attached hydrogen (secondary N) is 2. The van der Waals surface area contributed by atoms with E-state index in [1.807, 2.05) is 29.2 Å². The molecule has 0 radical (unpaired) electrons. The van der Waals surface area contributed by atoms with Crippen LogP contribution in [-0.2, 0) is 4.79 Å². The van der Waals surface area contributed by atoms with Crippen LogP contribution in [0.25, 0.3) is 10.9 Å². The molecule has 1 aromatic heterocycles. The number of aliphatic hydroxyl groups excluding tert-OH is 1. The molecule has 0 bridgehead atoms. The lowest BCUT2D eigenvalue weighted by Crippen LogP contribution is -2.44. The Morgan fingerprint density at radius 3 is 3.00 bits per heavy atom. The summed E-state index contributed by atoms with van der Waals surface area (Å²) in [7, 11) is 0. The average molecular weight is 362 g/mol. The molecule has 3 N–H and O–H groups in total. The first-order valence-electron chi connectivity index (χ1n) is 9.08. The van der Waals surface area contributed by atoms with Gasteiger partial charge >= 0.3 is 0 Å². The summed E-state index contributed by atoms with van der Waals surface area (Å²) in [5.74, 6) is 1.01. The molecule has 25 heavy (non-hydrogen) atoms. The van der Waals surface area contributed by atoms with Crippen LogP contribution in [0.5, 0.6) is 0 Å². The van der Waals surface area contributed by atoms with Gasteiger partial charge in [-0.1, -0.05) is 11.6 Å². The van der Waals surface area contributed by atoms with Crippen LogP contribution in [0.15, 0.2) is 24.3 Å². The van der Waals surface area contributed by atoms with Crippen LogP contribution in [0, 0.1) is 11.8 Å². The van der Waals surface area contributed by atoms with E-state index in [1.54, 1.807) is 0 Å². The van der Waals surface area contributed by atoms with E-state index < -0.39 is 6.23 Å². The fraction of sp³-hybridized carbons (Fsp3) is 0.526. The first-order valence-corrected chi connectivity index (χ1v) is 9.46. The van der Waals surface area contributed by atoms with E-state index in [9.17, 15) is 9.90 Å². The summed E-state index contributed by atoms with van der Waals surface area (Å²) < 4.78 is 0. The van der Waals surface area contributed by atoms with Crippen molar-refractivity contribution in [2.24, 2.45) is 11.8 Å².